The second kappa shape index (κ2) is 5.34. The Balaban J connectivity index is 1.85. The summed E-state index contributed by atoms with van der Waals surface area (Å²) in [5.41, 5.74) is 8.75. The van der Waals surface area contributed by atoms with Gasteiger partial charge in [-0.2, -0.15) is 0 Å². The zero-order valence-electron chi connectivity index (χ0n) is 11.8. The average molecular weight is 272 g/mol. The predicted molar refractivity (Wildman–Crippen MR) is 79.7 cm³/mol. The van der Waals surface area contributed by atoms with E-state index in [2.05, 4.69) is 15.3 Å². The molecule has 1 saturated carbocycles. The number of anilines is 1. The lowest BCUT2D eigenvalue weighted by Gasteiger charge is -2.42. The zero-order chi connectivity index (χ0) is 14.1. The van der Waals surface area contributed by atoms with E-state index in [1.165, 1.54) is 0 Å². The highest BCUT2D eigenvalue weighted by Gasteiger charge is 2.39. The molecule has 106 valence electrons. The lowest BCUT2D eigenvalue weighted by atomic mass is 9.83. The maximum absolute atomic E-state index is 6.06. The molecule has 0 radical (unpaired) electrons. The summed E-state index contributed by atoms with van der Waals surface area (Å²) in [5, 5.41) is 3.40. The van der Waals surface area contributed by atoms with Gasteiger partial charge in [0.25, 0.3) is 0 Å². The van der Waals surface area contributed by atoms with E-state index in [4.69, 9.17) is 10.5 Å². The van der Waals surface area contributed by atoms with Gasteiger partial charge < -0.3 is 15.8 Å². The molecular formula is C15H20N4O. The summed E-state index contributed by atoms with van der Waals surface area (Å²) in [6.07, 6.45) is 1.06. The van der Waals surface area contributed by atoms with E-state index in [-0.39, 0.29) is 18.2 Å². The van der Waals surface area contributed by atoms with Crippen LogP contribution in [0.2, 0.25) is 0 Å². The molecule has 3 N–H and O–H groups in total. The molecule has 5 heteroatoms. The van der Waals surface area contributed by atoms with Crippen molar-refractivity contribution in [1.29, 1.82) is 0 Å². The van der Waals surface area contributed by atoms with Crippen molar-refractivity contribution in [2.45, 2.75) is 38.5 Å². The first-order valence-corrected chi connectivity index (χ1v) is 7.06. The highest BCUT2D eigenvalue weighted by atomic mass is 16.5. The van der Waals surface area contributed by atoms with E-state index in [1.807, 2.05) is 38.1 Å². The Hall–Kier alpha value is -1.72. The van der Waals surface area contributed by atoms with Crippen molar-refractivity contribution >= 4 is 16.9 Å². The van der Waals surface area contributed by atoms with Gasteiger partial charge in [-0.05, 0) is 32.4 Å². The smallest absolute Gasteiger partial charge is 0.148 e. The lowest BCUT2D eigenvalue weighted by Crippen LogP contribution is -2.60. The molecule has 1 fully saturated rings. The molecule has 1 heterocycles. The number of para-hydroxylation sites is 2. The first kappa shape index (κ1) is 13.3. The number of fused-ring (bicyclic) bond motifs is 1. The van der Waals surface area contributed by atoms with Crippen molar-refractivity contribution in [3.8, 4) is 0 Å². The lowest BCUT2D eigenvalue weighted by molar-refractivity contribution is -0.0127. The zero-order valence-corrected chi connectivity index (χ0v) is 11.8. The van der Waals surface area contributed by atoms with Gasteiger partial charge >= 0.3 is 0 Å². The molecule has 1 aromatic carbocycles. The summed E-state index contributed by atoms with van der Waals surface area (Å²) in [6.45, 7) is 4.67. The first-order valence-electron chi connectivity index (χ1n) is 7.06. The van der Waals surface area contributed by atoms with Gasteiger partial charge in [0.15, 0.2) is 0 Å². The Morgan fingerprint density at radius 1 is 1.30 bits per heavy atom. The third-order valence-electron chi connectivity index (χ3n) is 3.80. The summed E-state index contributed by atoms with van der Waals surface area (Å²) < 4.78 is 5.67. The van der Waals surface area contributed by atoms with Crippen molar-refractivity contribution in [1.82, 2.24) is 9.97 Å². The molecule has 0 spiro atoms. The largest absolute Gasteiger partial charge is 0.376 e. The molecule has 1 aliphatic carbocycles. The standard InChI is InChI=1S/C15H20N4O/c1-3-20-13-8-10(16)14(13)19-15-9(2)17-11-6-4-5-7-12(11)18-15/h4-7,10,13-14H,3,8,16H2,1-2H3,(H,18,19). The molecule has 2 aromatic rings. The number of hydrogen-bond acceptors (Lipinski definition) is 5. The summed E-state index contributed by atoms with van der Waals surface area (Å²) in [7, 11) is 0. The second-order valence-corrected chi connectivity index (χ2v) is 5.21. The van der Waals surface area contributed by atoms with E-state index in [1.54, 1.807) is 0 Å². The number of ether oxygens (including phenoxy) is 1. The van der Waals surface area contributed by atoms with Crippen LogP contribution in [0.15, 0.2) is 24.3 Å². The summed E-state index contributed by atoms with van der Waals surface area (Å²) in [4.78, 5) is 9.22. The van der Waals surface area contributed by atoms with E-state index in [9.17, 15) is 0 Å². The molecule has 0 bridgehead atoms. The van der Waals surface area contributed by atoms with Crippen molar-refractivity contribution in [2.75, 3.05) is 11.9 Å². The normalized spacial score (nSPS) is 25.4. The molecule has 5 nitrogen and oxygen atoms in total. The summed E-state index contributed by atoms with van der Waals surface area (Å²) in [6, 6.07) is 8.10. The molecule has 0 saturated heterocycles. The van der Waals surface area contributed by atoms with Gasteiger partial charge in [-0.1, -0.05) is 12.1 Å². The highest BCUT2D eigenvalue weighted by Crippen LogP contribution is 2.27. The van der Waals surface area contributed by atoms with Crippen molar-refractivity contribution < 1.29 is 4.74 Å². The number of hydrogen-bond donors (Lipinski definition) is 2. The second-order valence-electron chi connectivity index (χ2n) is 5.21. The maximum Gasteiger partial charge on any atom is 0.148 e. The Labute approximate surface area is 118 Å². The number of aromatic nitrogens is 2. The van der Waals surface area contributed by atoms with Gasteiger partial charge in [-0.15, -0.1) is 0 Å². The molecule has 1 aromatic heterocycles. The van der Waals surface area contributed by atoms with Crippen LogP contribution in [0, 0.1) is 6.92 Å². The van der Waals surface area contributed by atoms with Gasteiger partial charge in [0.2, 0.25) is 0 Å². The van der Waals surface area contributed by atoms with Gasteiger partial charge in [-0.25, -0.2) is 9.97 Å². The fourth-order valence-corrected chi connectivity index (χ4v) is 2.61. The Morgan fingerprint density at radius 2 is 2.00 bits per heavy atom. The molecule has 3 atom stereocenters. The third-order valence-corrected chi connectivity index (χ3v) is 3.80. The van der Waals surface area contributed by atoms with Crippen LogP contribution in [-0.4, -0.2) is 34.8 Å². The molecule has 0 amide bonds. The summed E-state index contributed by atoms with van der Waals surface area (Å²) in [5.74, 6) is 0.800. The number of nitrogens with zero attached hydrogens (tertiary/aromatic N) is 2. The van der Waals surface area contributed by atoms with Gasteiger partial charge in [0.05, 0.1) is 28.9 Å². The van der Waals surface area contributed by atoms with Crippen LogP contribution in [0.5, 0.6) is 0 Å². The van der Waals surface area contributed by atoms with E-state index in [0.29, 0.717) is 6.61 Å². The van der Waals surface area contributed by atoms with Crippen LogP contribution < -0.4 is 11.1 Å². The number of aryl methyl sites for hydroxylation is 1. The van der Waals surface area contributed by atoms with Crippen LogP contribution in [-0.2, 0) is 4.74 Å². The van der Waals surface area contributed by atoms with Gasteiger partial charge in [-0.3, -0.25) is 0 Å². The minimum Gasteiger partial charge on any atom is -0.376 e. The average Bonchev–Trinajstić information content (AvgIpc) is 2.44. The van der Waals surface area contributed by atoms with Crippen LogP contribution in [0.4, 0.5) is 5.82 Å². The Bertz CT molecular complexity index is 614. The Morgan fingerprint density at radius 3 is 2.65 bits per heavy atom. The monoisotopic (exact) mass is 272 g/mol. The Kier molecular flexibility index (Phi) is 3.54. The molecular weight excluding hydrogens is 252 g/mol. The maximum atomic E-state index is 6.06. The van der Waals surface area contributed by atoms with E-state index in [0.717, 1.165) is 29.0 Å². The number of rotatable bonds is 4. The topological polar surface area (TPSA) is 73.1 Å². The fraction of sp³-hybridized carbons (Fsp3) is 0.467. The molecule has 3 unspecified atom stereocenters. The number of nitrogens with two attached hydrogens (primary N) is 1. The van der Waals surface area contributed by atoms with Gasteiger partial charge in [0.1, 0.15) is 5.82 Å². The molecule has 20 heavy (non-hydrogen) atoms. The quantitative estimate of drug-likeness (QED) is 0.888. The van der Waals surface area contributed by atoms with Crippen molar-refractivity contribution in [3.05, 3.63) is 30.0 Å². The number of benzene rings is 1. The summed E-state index contributed by atoms with van der Waals surface area (Å²) >= 11 is 0. The van der Waals surface area contributed by atoms with Gasteiger partial charge in [0, 0.05) is 12.6 Å². The van der Waals surface area contributed by atoms with Crippen LogP contribution in [0.25, 0.3) is 11.0 Å². The minimum atomic E-state index is 0.110. The predicted octanol–water partition coefficient (Wildman–Crippen LogP) is 1.85. The van der Waals surface area contributed by atoms with Crippen LogP contribution in [0.3, 0.4) is 0 Å². The van der Waals surface area contributed by atoms with Crippen molar-refractivity contribution in [2.24, 2.45) is 5.73 Å². The SMILES string of the molecule is CCOC1CC(N)C1Nc1nc2ccccc2nc1C. The highest BCUT2D eigenvalue weighted by molar-refractivity contribution is 5.76. The molecule has 1 aliphatic rings. The third kappa shape index (κ3) is 2.34. The van der Waals surface area contributed by atoms with Crippen LogP contribution >= 0.6 is 0 Å². The van der Waals surface area contributed by atoms with Crippen LogP contribution in [0.1, 0.15) is 19.0 Å². The number of nitrogens with one attached hydrogen (secondary N) is 1. The molecule has 3 rings (SSSR count). The van der Waals surface area contributed by atoms with E-state index >= 15 is 0 Å². The first-order chi connectivity index (χ1) is 9.69. The fourth-order valence-electron chi connectivity index (χ4n) is 2.61. The van der Waals surface area contributed by atoms with Crippen molar-refractivity contribution in [3.63, 3.8) is 0 Å². The minimum absolute atomic E-state index is 0.110. The van der Waals surface area contributed by atoms with E-state index < -0.39 is 0 Å². The molecule has 0 aliphatic heterocycles.